The van der Waals surface area contributed by atoms with Gasteiger partial charge in [0.1, 0.15) is 11.5 Å². The molecule has 1 amide bonds. The van der Waals surface area contributed by atoms with Crippen molar-refractivity contribution in [3.05, 3.63) is 86.7 Å². The number of halogens is 1. The summed E-state index contributed by atoms with van der Waals surface area (Å²) < 4.78 is 6.53. The van der Waals surface area contributed by atoms with Gasteiger partial charge in [-0.25, -0.2) is 0 Å². The molecule has 1 aromatic heterocycles. The van der Waals surface area contributed by atoms with Crippen LogP contribution in [0.2, 0.25) is 5.02 Å². The Morgan fingerprint density at radius 2 is 2.03 bits per heavy atom. The van der Waals surface area contributed by atoms with Crippen LogP contribution in [0.15, 0.2) is 54.3 Å². The minimum absolute atomic E-state index is 0.0355. The van der Waals surface area contributed by atoms with Gasteiger partial charge in [0.25, 0.3) is 0 Å². The summed E-state index contributed by atoms with van der Waals surface area (Å²) in [5, 5.41) is 6.11. The van der Waals surface area contributed by atoms with Gasteiger partial charge < -0.3 is 15.0 Å². The molecule has 0 spiro atoms. The van der Waals surface area contributed by atoms with Crippen LogP contribution in [-0.2, 0) is 24.1 Å². The molecular weight excluding hydrogens is 468 g/mol. The van der Waals surface area contributed by atoms with Crippen LogP contribution in [0.5, 0.6) is 5.75 Å². The number of nitrogens with one attached hydrogen (secondary N) is 2. The Morgan fingerprint density at radius 3 is 2.86 bits per heavy atom. The Morgan fingerprint density at radius 1 is 1.17 bits per heavy atom. The first-order valence-corrected chi connectivity index (χ1v) is 13.6. The van der Waals surface area contributed by atoms with Crippen molar-refractivity contribution in [1.29, 1.82) is 0 Å². The summed E-state index contributed by atoms with van der Waals surface area (Å²) in [6.07, 6.45) is 20.6. The van der Waals surface area contributed by atoms with Crippen LogP contribution in [0.1, 0.15) is 62.8 Å². The number of benzene rings is 1. The molecule has 188 valence electrons. The number of rotatable bonds is 5. The average molecular weight is 503 g/mol. The fraction of sp³-hybridized carbons (Fsp3) is 0.387. The molecule has 1 fully saturated rings. The number of hydrogen-bond donors (Lipinski definition) is 2. The zero-order chi connectivity index (χ0) is 25.1. The van der Waals surface area contributed by atoms with E-state index in [-0.39, 0.29) is 11.9 Å². The number of allylic oxidation sites excluding steroid dienone is 6. The second kappa shape index (κ2) is 11.0. The van der Waals surface area contributed by atoms with Gasteiger partial charge in [-0.15, -0.1) is 0 Å². The SMILES string of the molecule is CCc1[nH]c2c(c1Cl)=C(C1CCC(NC(C)=O)C1)C=C(Oc1ccc3c(c1)CC=CC=CCC3)CC=2. The van der Waals surface area contributed by atoms with Gasteiger partial charge in [-0.2, -0.15) is 0 Å². The fourth-order valence-corrected chi connectivity index (χ4v) is 6.14. The van der Waals surface area contributed by atoms with Gasteiger partial charge in [-0.05, 0) is 85.8 Å². The van der Waals surface area contributed by atoms with E-state index >= 15 is 0 Å². The molecule has 4 nitrogen and oxygen atoms in total. The van der Waals surface area contributed by atoms with Crippen LogP contribution >= 0.6 is 11.6 Å². The van der Waals surface area contributed by atoms with E-state index in [2.05, 4.69) is 71.9 Å². The van der Waals surface area contributed by atoms with Crippen LogP contribution in [0.4, 0.5) is 0 Å². The van der Waals surface area contributed by atoms with Crippen molar-refractivity contribution < 1.29 is 9.53 Å². The normalized spacial score (nSPS) is 21.3. The van der Waals surface area contributed by atoms with E-state index in [9.17, 15) is 4.79 Å². The number of ether oxygens (including phenoxy) is 1. The Hall–Kier alpha value is -2.98. The molecule has 1 aromatic carbocycles. The molecule has 3 aliphatic rings. The monoisotopic (exact) mass is 502 g/mol. The molecule has 1 saturated carbocycles. The van der Waals surface area contributed by atoms with Crippen molar-refractivity contribution in [3.63, 3.8) is 0 Å². The molecule has 2 atom stereocenters. The molecule has 0 bridgehead atoms. The molecule has 5 rings (SSSR count). The summed E-state index contributed by atoms with van der Waals surface area (Å²) in [5.74, 6) is 2.16. The Labute approximate surface area is 218 Å². The number of amides is 1. The van der Waals surface area contributed by atoms with E-state index in [1.54, 1.807) is 6.92 Å². The molecule has 0 saturated heterocycles. The van der Waals surface area contributed by atoms with E-state index in [0.717, 1.165) is 77.7 Å². The lowest BCUT2D eigenvalue weighted by molar-refractivity contribution is -0.119. The smallest absolute Gasteiger partial charge is 0.217 e. The number of aryl methyl sites for hydroxylation is 2. The van der Waals surface area contributed by atoms with Gasteiger partial charge in [-0.3, -0.25) is 4.79 Å². The van der Waals surface area contributed by atoms with Crippen molar-refractivity contribution in [1.82, 2.24) is 10.3 Å². The molecule has 2 unspecified atom stereocenters. The first-order chi connectivity index (χ1) is 17.5. The number of carbonyl (C=O) groups excluding carboxylic acids is 1. The molecule has 3 aliphatic carbocycles. The molecule has 0 radical (unpaired) electrons. The van der Waals surface area contributed by atoms with Crippen LogP contribution < -0.4 is 20.6 Å². The van der Waals surface area contributed by atoms with Gasteiger partial charge >= 0.3 is 0 Å². The third-order valence-corrected chi connectivity index (χ3v) is 7.93. The van der Waals surface area contributed by atoms with Gasteiger partial charge in [0.05, 0.1) is 5.02 Å². The number of aromatic nitrogens is 1. The summed E-state index contributed by atoms with van der Waals surface area (Å²) in [5.41, 5.74) is 5.00. The van der Waals surface area contributed by atoms with Crippen LogP contribution in [-0.4, -0.2) is 16.9 Å². The quantitative estimate of drug-likeness (QED) is 0.572. The summed E-state index contributed by atoms with van der Waals surface area (Å²) in [6, 6.07) is 6.71. The zero-order valence-corrected chi connectivity index (χ0v) is 22.0. The summed E-state index contributed by atoms with van der Waals surface area (Å²) in [4.78, 5) is 15.2. The van der Waals surface area contributed by atoms with Crippen molar-refractivity contribution >= 4 is 29.2 Å². The molecular formula is C31H35ClN2O2. The van der Waals surface area contributed by atoms with E-state index in [0.29, 0.717) is 12.3 Å². The molecule has 36 heavy (non-hydrogen) atoms. The standard InChI is InChI=1S/C31H35ClN2O2/c1-3-28-31(32)30-27(23-11-13-24(17-23)33-20(2)35)19-26(15-16-29(30)34-28)36-25-14-12-21-9-7-5-4-6-8-10-22(21)18-25/h4-6,8,12,14,16,18-19,23-24,34H,3,7,9-11,13,15,17H2,1-2H3,(H,33,35). The highest BCUT2D eigenvalue weighted by molar-refractivity contribution is 6.31. The summed E-state index contributed by atoms with van der Waals surface area (Å²) >= 11 is 6.91. The second-order valence-electron chi connectivity index (χ2n) is 10.1. The lowest BCUT2D eigenvalue weighted by atomic mass is 9.94. The van der Waals surface area contributed by atoms with E-state index in [4.69, 9.17) is 16.3 Å². The fourth-order valence-electron chi connectivity index (χ4n) is 5.75. The largest absolute Gasteiger partial charge is 0.461 e. The Bertz CT molecular complexity index is 1360. The topological polar surface area (TPSA) is 54.1 Å². The van der Waals surface area contributed by atoms with Gasteiger partial charge in [0.15, 0.2) is 0 Å². The minimum Gasteiger partial charge on any atom is -0.461 e. The highest BCUT2D eigenvalue weighted by atomic mass is 35.5. The minimum atomic E-state index is 0.0355. The molecule has 2 aromatic rings. The van der Waals surface area contributed by atoms with Gasteiger partial charge in [0, 0.05) is 35.6 Å². The van der Waals surface area contributed by atoms with Crippen molar-refractivity contribution in [2.24, 2.45) is 5.92 Å². The van der Waals surface area contributed by atoms with Crippen LogP contribution in [0, 0.1) is 5.92 Å². The maximum absolute atomic E-state index is 11.7. The number of H-pyrrole nitrogens is 1. The third kappa shape index (κ3) is 5.39. The first kappa shape index (κ1) is 24.7. The number of hydrogen-bond acceptors (Lipinski definition) is 2. The number of fused-ring (bicyclic) bond motifs is 2. The first-order valence-electron chi connectivity index (χ1n) is 13.2. The zero-order valence-electron chi connectivity index (χ0n) is 21.2. The van der Waals surface area contributed by atoms with E-state index < -0.39 is 0 Å². The molecule has 1 heterocycles. The van der Waals surface area contributed by atoms with Crippen molar-refractivity contribution in [2.75, 3.05) is 0 Å². The van der Waals surface area contributed by atoms with Crippen LogP contribution in [0.3, 0.4) is 0 Å². The van der Waals surface area contributed by atoms with E-state index in [1.807, 2.05) is 0 Å². The predicted octanol–water partition coefficient (Wildman–Crippen LogP) is 5.43. The average Bonchev–Trinajstić information content (AvgIpc) is 3.42. The van der Waals surface area contributed by atoms with Gasteiger partial charge in [-0.1, -0.05) is 55.0 Å². The molecule has 0 aliphatic heterocycles. The second-order valence-corrected chi connectivity index (χ2v) is 10.5. The van der Waals surface area contributed by atoms with E-state index in [1.165, 1.54) is 16.7 Å². The summed E-state index contributed by atoms with van der Waals surface area (Å²) in [6.45, 7) is 3.72. The van der Waals surface area contributed by atoms with Gasteiger partial charge in [0.2, 0.25) is 5.91 Å². The summed E-state index contributed by atoms with van der Waals surface area (Å²) in [7, 11) is 0. The number of aromatic amines is 1. The highest BCUT2D eigenvalue weighted by Gasteiger charge is 2.29. The highest BCUT2D eigenvalue weighted by Crippen LogP contribution is 2.35. The molecule has 2 N–H and O–H groups in total. The lowest BCUT2D eigenvalue weighted by Gasteiger charge is -2.16. The maximum Gasteiger partial charge on any atom is 0.217 e. The molecule has 5 heteroatoms. The Balaban J connectivity index is 1.49. The number of carbonyl (C=O) groups is 1. The third-order valence-electron chi connectivity index (χ3n) is 7.51. The lowest BCUT2D eigenvalue weighted by Crippen LogP contribution is -2.31. The predicted molar refractivity (Wildman–Crippen MR) is 147 cm³/mol. The Kier molecular flexibility index (Phi) is 7.52. The van der Waals surface area contributed by atoms with Crippen molar-refractivity contribution in [3.8, 4) is 5.75 Å². The van der Waals surface area contributed by atoms with Crippen LogP contribution in [0.25, 0.3) is 11.6 Å². The van der Waals surface area contributed by atoms with Crippen molar-refractivity contribution in [2.45, 2.75) is 71.3 Å². The maximum atomic E-state index is 11.7.